The summed E-state index contributed by atoms with van der Waals surface area (Å²) in [6, 6.07) is 16.4. The van der Waals surface area contributed by atoms with E-state index in [1.807, 2.05) is 48.6 Å². The van der Waals surface area contributed by atoms with Crippen LogP contribution in [-0.4, -0.2) is 24.2 Å². The maximum Gasteiger partial charge on any atom is 0.257 e. The van der Waals surface area contributed by atoms with Gasteiger partial charge in [-0.3, -0.25) is 4.79 Å². The van der Waals surface area contributed by atoms with Gasteiger partial charge >= 0.3 is 0 Å². The van der Waals surface area contributed by atoms with Crippen LogP contribution in [0.4, 0.5) is 5.69 Å². The molecule has 4 rings (SSSR count). The van der Waals surface area contributed by atoms with Gasteiger partial charge in [-0.05, 0) is 51.3 Å². The van der Waals surface area contributed by atoms with Crippen molar-refractivity contribution in [2.45, 2.75) is 11.7 Å². The number of nitrogens with one attached hydrogen (secondary N) is 1. The third-order valence-corrected chi connectivity index (χ3v) is 5.22. The third kappa shape index (κ3) is 3.20. The van der Waals surface area contributed by atoms with Crippen molar-refractivity contribution in [1.82, 2.24) is 0 Å². The maximum atomic E-state index is 12.5. The summed E-state index contributed by atoms with van der Waals surface area (Å²) in [5.41, 5.74) is 0.974. The molecule has 3 aromatic rings. The molecule has 2 N–H and O–H groups in total. The second kappa shape index (κ2) is 7.39. The van der Waals surface area contributed by atoms with Gasteiger partial charge in [-0.25, -0.2) is 0 Å². The zero-order valence-corrected chi connectivity index (χ0v) is 16.6. The first-order valence-electron chi connectivity index (χ1n) is 8.70. The monoisotopic (exact) mass is 439 g/mol. The van der Waals surface area contributed by atoms with E-state index in [1.165, 1.54) is 7.11 Å². The third-order valence-electron chi connectivity index (χ3n) is 4.81. The van der Waals surface area contributed by atoms with Gasteiger partial charge in [-0.15, -0.1) is 0 Å². The maximum absolute atomic E-state index is 12.5. The van der Waals surface area contributed by atoms with Gasteiger partial charge in [0, 0.05) is 18.4 Å². The largest absolute Gasteiger partial charge is 0.464 e. The summed E-state index contributed by atoms with van der Waals surface area (Å²) < 4.78 is 11.7. The summed E-state index contributed by atoms with van der Waals surface area (Å²) in [6.07, 6.45) is 4.26. The number of halogens is 1. The van der Waals surface area contributed by atoms with Crippen LogP contribution >= 0.6 is 15.9 Å². The average molecular weight is 440 g/mol. The second-order valence-electron chi connectivity index (χ2n) is 6.54. The van der Waals surface area contributed by atoms with Crippen LogP contribution in [0.3, 0.4) is 0 Å². The summed E-state index contributed by atoms with van der Waals surface area (Å²) >= 11 is 3.35. The molecular weight excluding hydrogens is 422 g/mol. The fraction of sp³-hybridized carbons (Fsp3) is 0.136. The van der Waals surface area contributed by atoms with Crippen molar-refractivity contribution in [1.29, 1.82) is 0 Å². The van der Waals surface area contributed by atoms with Crippen molar-refractivity contribution in [3.8, 4) is 0 Å². The van der Waals surface area contributed by atoms with Crippen LogP contribution in [0.1, 0.15) is 22.5 Å². The molecule has 0 saturated heterocycles. The highest BCUT2D eigenvalue weighted by Crippen LogP contribution is 2.42. The summed E-state index contributed by atoms with van der Waals surface area (Å²) in [5, 5.41) is 14.5. The average Bonchev–Trinajstić information content (AvgIpc) is 3.13. The van der Waals surface area contributed by atoms with E-state index >= 15 is 0 Å². The number of fused-ring (bicyclic) bond motifs is 1. The summed E-state index contributed by atoms with van der Waals surface area (Å²) in [4.78, 5) is 12.5. The molecule has 2 unspecified atom stereocenters. The quantitative estimate of drug-likeness (QED) is 0.631. The number of ether oxygens (including phenoxy) is 1. The van der Waals surface area contributed by atoms with Crippen LogP contribution in [0, 0.1) is 0 Å². The van der Waals surface area contributed by atoms with E-state index in [0.29, 0.717) is 22.6 Å². The van der Waals surface area contributed by atoms with E-state index in [4.69, 9.17) is 9.15 Å². The Morgan fingerprint density at radius 2 is 1.96 bits per heavy atom. The molecule has 1 aromatic heterocycles. The molecule has 2 atom stereocenters. The van der Waals surface area contributed by atoms with Gasteiger partial charge in [0.2, 0.25) is 0 Å². The van der Waals surface area contributed by atoms with E-state index in [9.17, 15) is 9.90 Å². The number of hydrogen-bond acceptors (Lipinski definition) is 4. The molecular formula is C22H18BrNO4. The highest BCUT2D eigenvalue weighted by atomic mass is 79.9. The Hall–Kier alpha value is -2.67. The molecule has 28 heavy (non-hydrogen) atoms. The Morgan fingerprint density at radius 3 is 2.64 bits per heavy atom. The smallest absolute Gasteiger partial charge is 0.257 e. The number of carbonyl (C=O) groups is 1. The van der Waals surface area contributed by atoms with Crippen molar-refractivity contribution in [3.05, 3.63) is 87.8 Å². The lowest BCUT2D eigenvalue weighted by atomic mass is 9.77. The Kier molecular flexibility index (Phi) is 4.93. The van der Waals surface area contributed by atoms with Gasteiger partial charge < -0.3 is 19.6 Å². The normalized spacial score (nSPS) is 21.5. The molecule has 0 radical (unpaired) electrons. The molecule has 5 nitrogen and oxygen atoms in total. The van der Waals surface area contributed by atoms with Crippen molar-refractivity contribution in [2.24, 2.45) is 0 Å². The van der Waals surface area contributed by atoms with E-state index < -0.39 is 11.7 Å². The molecule has 2 aromatic carbocycles. The van der Waals surface area contributed by atoms with Crippen molar-refractivity contribution >= 4 is 39.7 Å². The second-order valence-corrected chi connectivity index (χ2v) is 7.46. The van der Waals surface area contributed by atoms with E-state index in [2.05, 4.69) is 21.2 Å². The van der Waals surface area contributed by atoms with E-state index in [0.717, 1.165) is 10.0 Å². The van der Waals surface area contributed by atoms with Crippen molar-refractivity contribution in [2.75, 3.05) is 12.4 Å². The molecule has 1 aliphatic heterocycles. The first kappa shape index (κ1) is 18.7. The molecule has 1 amide bonds. The summed E-state index contributed by atoms with van der Waals surface area (Å²) in [6.45, 7) is 0. The van der Waals surface area contributed by atoms with Crippen molar-refractivity contribution < 1.29 is 19.1 Å². The van der Waals surface area contributed by atoms with Gasteiger partial charge in [-0.1, -0.05) is 42.5 Å². The van der Waals surface area contributed by atoms with Gasteiger partial charge in [0.15, 0.2) is 11.7 Å². The predicted octanol–water partition coefficient (Wildman–Crippen LogP) is 4.42. The first-order valence-corrected chi connectivity index (χ1v) is 9.50. The molecule has 6 heteroatoms. The molecule has 0 fully saturated rings. The number of benzene rings is 2. The lowest BCUT2D eigenvalue weighted by molar-refractivity contribution is -0.142. The lowest BCUT2D eigenvalue weighted by Crippen LogP contribution is -2.52. The summed E-state index contributed by atoms with van der Waals surface area (Å²) in [7, 11) is 1.42. The number of methoxy groups -OCH3 is 1. The van der Waals surface area contributed by atoms with Crippen LogP contribution in [-0.2, 0) is 15.1 Å². The fourth-order valence-electron chi connectivity index (χ4n) is 3.49. The highest BCUT2D eigenvalue weighted by Gasteiger charge is 2.49. The van der Waals surface area contributed by atoms with Crippen LogP contribution in [0.5, 0.6) is 0 Å². The molecule has 2 heterocycles. The lowest BCUT2D eigenvalue weighted by Gasteiger charge is -2.40. The van der Waals surface area contributed by atoms with Crippen LogP contribution in [0.2, 0.25) is 0 Å². The number of anilines is 1. The zero-order chi connectivity index (χ0) is 19.7. The van der Waals surface area contributed by atoms with Gasteiger partial charge in [0.05, 0.1) is 4.47 Å². The number of aliphatic hydroxyl groups is 1. The van der Waals surface area contributed by atoms with Crippen LogP contribution < -0.4 is 5.32 Å². The number of furan rings is 1. The molecule has 1 aliphatic rings. The minimum Gasteiger partial charge on any atom is -0.464 e. The molecule has 0 spiro atoms. The number of amides is 1. The Bertz CT molecular complexity index is 1040. The molecule has 142 valence electrons. The van der Waals surface area contributed by atoms with Gasteiger partial charge in [0.1, 0.15) is 12.0 Å². The number of rotatable bonds is 4. The standard InChI is InChI=1S/C22H18BrNO4/c1-27-20-21(25)24-19-10-8-14(7-9-17-12-16(23)13-28-17)11-18(19)22(20,26)15-5-3-2-4-6-15/h2-13,20,26H,1H3,(H,24,25)/b9-7+. The number of carbonyl (C=O) groups excluding carboxylic acids is 1. The Labute approximate surface area is 170 Å². The fourth-order valence-corrected chi connectivity index (χ4v) is 3.81. The molecule has 0 bridgehead atoms. The molecule has 0 aliphatic carbocycles. The molecule has 0 saturated carbocycles. The SMILES string of the molecule is COC1C(=O)Nc2ccc(/C=C/c3cc(Br)co3)cc2C1(O)c1ccccc1. The minimum atomic E-state index is -1.61. The predicted molar refractivity (Wildman–Crippen MR) is 111 cm³/mol. The van der Waals surface area contributed by atoms with Crippen molar-refractivity contribution in [3.63, 3.8) is 0 Å². The minimum absolute atomic E-state index is 0.384. The van der Waals surface area contributed by atoms with Gasteiger partial charge in [-0.2, -0.15) is 0 Å². The topological polar surface area (TPSA) is 71.7 Å². The number of hydrogen-bond donors (Lipinski definition) is 2. The van der Waals surface area contributed by atoms with Gasteiger partial charge in [0.25, 0.3) is 5.91 Å². The Balaban J connectivity index is 1.82. The van der Waals surface area contributed by atoms with E-state index in [1.54, 1.807) is 24.5 Å². The zero-order valence-electron chi connectivity index (χ0n) is 15.1. The van der Waals surface area contributed by atoms with Crippen LogP contribution in [0.15, 0.2) is 69.8 Å². The van der Waals surface area contributed by atoms with Crippen LogP contribution in [0.25, 0.3) is 12.2 Å². The Morgan fingerprint density at radius 1 is 1.18 bits per heavy atom. The first-order chi connectivity index (χ1) is 13.5. The van der Waals surface area contributed by atoms with E-state index in [-0.39, 0.29) is 5.91 Å². The highest BCUT2D eigenvalue weighted by molar-refractivity contribution is 9.10. The summed E-state index contributed by atoms with van der Waals surface area (Å²) in [5.74, 6) is 0.316.